The van der Waals surface area contributed by atoms with Gasteiger partial charge < -0.3 is 19.7 Å². The fourth-order valence-electron chi connectivity index (χ4n) is 4.23. The Balaban J connectivity index is 1.31. The van der Waals surface area contributed by atoms with Crippen molar-refractivity contribution in [3.05, 3.63) is 36.4 Å². The number of nitrogens with one attached hydrogen (secondary N) is 1. The topological polar surface area (TPSA) is 67.9 Å². The van der Waals surface area contributed by atoms with Crippen LogP contribution in [0, 0.1) is 5.92 Å². The minimum atomic E-state index is -0.0929. The van der Waals surface area contributed by atoms with E-state index in [1.54, 1.807) is 0 Å². The van der Waals surface area contributed by atoms with Crippen LogP contribution in [0.1, 0.15) is 31.2 Å². The standard InChI is InChI=1S/C21H26N2O4/c1-2-19(24)22-21(7-8-21)16-5-9-23(10-6-16)20(25)14-15-3-4-17-18(13-15)27-12-11-26-17/h2-4,13,16H,1,5-12,14H2,(H,22,24). The number of rotatable bonds is 5. The summed E-state index contributed by atoms with van der Waals surface area (Å²) in [6.07, 6.45) is 5.64. The lowest BCUT2D eigenvalue weighted by molar-refractivity contribution is -0.132. The van der Waals surface area contributed by atoms with Gasteiger partial charge in [0.2, 0.25) is 11.8 Å². The Bertz CT molecular complexity index is 749. The first-order valence-electron chi connectivity index (χ1n) is 9.70. The number of fused-ring (bicyclic) bond motifs is 1. The number of likely N-dealkylation sites (tertiary alicyclic amines) is 1. The predicted octanol–water partition coefficient (Wildman–Crippen LogP) is 2.07. The van der Waals surface area contributed by atoms with E-state index in [-0.39, 0.29) is 17.4 Å². The van der Waals surface area contributed by atoms with Gasteiger partial charge in [-0.3, -0.25) is 9.59 Å². The SMILES string of the molecule is C=CC(=O)NC1(C2CCN(C(=O)Cc3ccc4c(c3)OCCO4)CC2)CC1. The quantitative estimate of drug-likeness (QED) is 0.806. The van der Waals surface area contributed by atoms with Crippen LogP contribution < -0.4 is 14.8 Å². The third-order valence-corrected chi connectivity index (χ3v) is 5.94. The highest BCUT2D eigenvalue weighted by atomic mass is 16.6. The van der Waals surface area contributed by atoms with Crippen molar-refractivity contribution in [3.8, 4) is 11.5 Å². The summed E-state index contributed by atoms with van der Waals surface area (Å²) < 4.78 is 11.1. The smallest absolute Gasteiger partial charge is 0.243 e. The van der Waals surface area contributed by atoms with Gasteiger partial charge in [-0.15, -0.1) is 0 Å². The molecule has 1 aromatic rings. The molecule has 1 saturated heterocycles. The Labute approximate surface area is 159 Å². The number of amides is 2. The number of hydrogen-bond acceptors (Lipinski definition) is 4. The number of hydrogen-bond donors (Lipinski definition) is 1. The van der Waals surface area contributed by atoms with Crippen molar-refractivity contribution in [1.82, 2.24) is 10.2 Å². The number of carbonyl (C=O) groups excluding carboxylic acids is 2. The van der Waals surface area contributed by atoms with Crippen LogP contribution in [0.2, 0.25) is 0 Å². The highest BCUT2D eigenvalue weighted by Gasteiger charge is 2.50. The van der Waals surface area contributed by atoms with Gasteiger partial charge in [0, 0.05) is 18.6 Å². The Morgan fingerprint density at radius 1 is 1.19 bits per heavy atom. The molecule has 2 amide bonds. The fraction of sp³-hybridized carbons (Fsp3) is 0.524. The van der Waals surface area contributed by atoms with Crippen LogP contribution in [0.3, 0.4) is 0 Å². The zero-order chi connectivity index (χ0) is 18.9. The lowest BCUT2D eigenvalue weighted by Crippen LogP contribution is -2.48. The van der Waals surface area contributed by atoms with Crippen molar-refractivity contribution < 1.29 is 19.1 Å². The number of benzene rings is 1. The van der Waals surface area contributed by atoms with Gasteiger partial charge in [-0.25, -0.2) is 0 Å². The Hall–Kier alpha value is -2.50. The van der Waals surface area contributed by atoms with Crippen molar-refractivity contribution in [3.63, 3.8) is 0 Å². The third-order valence-electron chi connectivity index (χ3n) is 5.94. The number of nitrogens with zero attached hydrogens (tertiary/aromatic N) is 1. The van der Waals surface area contributed by atoms with Gasteiger partial charge in [-0.1, -0.05) is 12.6 Å². The lowest BCUT2D eigenvalue weighted by atomic mass is 9.87. The molecule has 2 fully saturated rings. The average molecular weight is 370 g/mol. The van der Waals surface area contributed by atoms with Crippen molar-refractivity contribution in [2.75, 3.05) is 26.3 Å². The third kappa shape index (κ3) is 3.80. The highest BCUT2D eigenvalue weighted by molar-refractivity contribution is 5.87. The van der Waals surface area contributed by atoms with Crippen molar-refractivity contribution in [2.24, 2.45) is 5.92 Å². The van der Waals surface area contributed by atoms with Gasteiger partial charge in [0.1, 0.15) is 13.2 Å². The van der Waals surface area contributed by atoms with E-state index in [4.69, 9.17) is 9.47 Å². The molecular weight excluding hydrogens is 344 g/mol. The normalized spacial score (nSPS) is 20.7. The average Bonchev–Trinajstić information content (AvgIpc) is 3.48. The first kappa shape index (κ1) is 17.9. The molecule has 3 aliphatic rings. The molecule has 2 aliphatic heterocycles. The van der Waals surface area contributed by atoms with Crippen LogP contribution in [-0.4, -0.2) is 48.6 Å². The summed E-state index contributed by atoms with van der Waals surface area (Å²) in [4.78, 5) is 26.3. The molecule has 2 heterocycles. The largest absolute Gasteiger partial charge is 0.486 e. The van der Waals surface area contributed by atoms with E-state index in [1.165, 1.54) is 6.08 Å². The summed E-state index contributed by atoms with van der Waals surface area (Å²) in [5, 5.41) is 3.11. The maximum atomic E-state index is 12.7. The van der Waals surface area contributed by atoms with E-state index >= 15 is 0 Å². The molecule has 0 unspecified atom stereocenters. The van der Waals surface area contributed by atoms with E-state index in [0.717, 1.165) is 55.8 Å². The van der Waals surface area contributed by atoms with Gasteiger partial charge in [-0.2, -0.15) is 0 Å². The first-order chi connectivity index (χ1) is 13.1. The van der Waals surface area contributed by atoms with Crippen molar-refractivity contribution >= 4 is 11.8 Å². The molecule has 1 aromatic carbocycles. The van der Waals surface area contributed by atoms with Crippen molar-refractivity contribution in [1.29, 1.82) is 0 Å². The molecule has 0 atom stereocenters. The van der Waals surface area contributed by atoms with Crippen molar-refractivity contribution in [2.45, 2.75) is 37.6 Å². The zero-order valence-electron chi connectivity index (χ0n) is 15.5. The Morgan fingerprint density at radius 3 is 2.56 bits per heavy atom. The van der Waals surface area contributed by atoms with Gasteiger partial charge in [-0.05, 0) is 55.4 Å². The first-order valence-corrected chi connectivity index (χ1v) is 9.70. The van der Waals surface area contributed by atoms with E-state index in [1.807, 2.05) is 23.1 Å². The van der Waals surface area contributed by atoms with Crippen LogP contribution in [0.5, 0.6) is 11.5 Å². The van der Waals surface area contributed by atoms with Crippen LogP contribution in [0.25, 0.3) is 0 Å². The Morgan fingerprint density at radius 2 is 1.89 bits per heavy atom. The summed E-state index contributed by atoms with van der Waals surface area (Å²) in [5.41, 5.74) is 0.888. The lowest BCUT2D eigenvalue weighted by Gasteiger charge is -2.36. The molecule has 0 spiro atoms. The fourth-order valence-corrected chi connectivity index (χ4v) is 4.23. The molecule has 0 radical (unpaired) electrons. The summed E-state index contributed by atoms with van der Waals surface area (Å²) in [6.45, 7) is 6.15. The molecular formula is C21H26N2O4. The van der Waals surface area contributed by atoms with Crippen LogP contribution in [0.15, 0.2) is 30.9 Å². The molecule has 1 saturated carbocycles. The number of carbonyl (C=O) groups is 2. The molecule has 144 valence electrons. The molecule has 0 aromatic heterocycles. The van der Waals surface area contributed by atoms with Crippen LogP contribution in [0.4, 0.5) is 0 Å². The number of piperidine rings is 1. The molecule has 27 heavy (non-hydrogen) atoms. The summed E-state index contributed by atoms with van der Waals surface area (Å²) in [7, 11) is 0. The van der Waals surface area contributed by atoms with Crippen LogP contribution >= 0.6 is 0 Å². The number of ether oxygens (including phenoxy) is 2. The minimum Gasteiger partial charge on any atom is -0.486 e. The minimum absolute atomic E-state index is 0.0593. The van der Waals surface area contributed by atoms with E-state index < -0.39 is 0 Å². The highest BCUT2D eigenvalue weighted by Crippen LogP contribution is 2.46. The second kappa shape index (κ2) is 7.25. The predicted molar refractivity (Wildman–Crippen MR) is 101 cm³/mol. The van der Waals surface area contributed by atoms with E-state index in [9.17, 15) is 9.59 Å². The van der Waals surface area contributed by atoms with Gasteiger partial charge in [0.25, 0.3) is 0 Å². The molecule has 4 rings (SSSR count). The zero-order valence-corrected chi connectivity index (χ0v) is 15.5. The van der Waals surface area contributed by atoms with E-state index in [2.05, 4.69) is 11.9 Å². The summed E-state index contributed by atoms with van der Waals surface area (Å²) in [5.74, 6) is 1.96. The van der Waals surface area contributed by atoms with Crippen LogP contribution in [-0.2, 0) is 16.0 Å². The molecule has 6 heteroatoms. The summed E-state index contributed by atoms with van der Waals surface area (Å²) >= 11 is 0. The second-order valence-corrected chi connectivity index (χ2v) is 7.66. The van der Waals surface area contributed by atoms with Gasteiger partial charge >= 0.3 is 0 Å². The Kier molecular flexibility index (Phi) is 4.81. The second-order valence-electron chi connectivity index (χ2n) is 7.66. The van der Waals surface area contributed by atoms with Gasteiger partial charge in [0.15, 0.2) is 11.5 Å². The maximum Gasteiger partial charge on any atom is 0.243 e. The van der Waals surface area contributed by atoms with Gasteiger partial charge in [0.05, 0.1) is 6.42 Å². The summed E-state index contributed by atoms with van der Waals surface area (Å²) in [6, 6.07) is 5.72. The monoisotopic (exact) mass is 370 g/mol. The van der Waals surface area contributed by atoms with E-state index in [0.29, 0.717) is 25.6 Å². The molecule has 6 nitrogen and oxygen atoms in total. The molecule has 1 N–H and O–H groups in total. The molecule has 0 bridgehead atoms. The molecule has 1 aliphatic carbocycles. The maximum absolute atomic E-state index is 12.7.